The van der Waals surface area contributed by atoms with E-state index in [1.165, 1.54) is 31.2 Å². The van der Waals surface area contributed by atoms with E-state index in [1.807, 2.05) is 12.1 Å². The Morgan fingerprint density at radius 3 is 2.84 bits per heavy atom. The predicted molar refractivity (Wildman–Crippen MR) is 75.4 cm³/mol. The minimum Gasteiger partial charge on any atom is -0.454 e. The second-order valence-electron chi connectivity index (χ2n) is 5.91. The van der Waals surface area contributed by atoms with E-state index in [1.54, 1.807) is 0 Å². The van der Waals surface area contributed by atoms with Gasteiger partial charge in [0.2, 0.25) is 6.79 Å². The number of hydrogen-bond acceptors (Lipinski definition) is 3. The zero-order valence-electron chi connectivity index (χ0n) is 11.7. The summed E-state index contributed by atoms with van der Waals surface area (Å²) < 4.78 is 10.9. The molecule has 19 heavy (non-hydrogen) atoms. The summed E-state index contributed by atoms with van der Waals surface area (Å²) in [5.41, 5.74) is 1.21. The van der Waals surface area contributed by atoms with E-state index >= 15 is 0 Å². The Morgan fingerprint density at radius 1 is 1.16 bits per heavy atom. The highest BCUT2D eigenvalue weighted by atomic mass is 16.7. The van der Waals surface area contributed by atoms with Crippen molar-refractivity contribution in [3.8, 4) is 11.5 Å². The van der Waals surface area contributed by atoms with E-state index < -0.39 is 0 Å². The van der Waals surface area contributed by atoms with Gasteiger partial charge in [0.25, 0.3) is 0 Å². The van der Waals surface area contributed by atoms with E-state index in [9.17, 15) is 0 Å². The van der Waals surface area contributed by atoms with Crippen molar-refractivity contribution in [2.75, 3.05) is 13.3 Å². The second-order valence-corrected chi connectivity index (χ2v) is 5.91. The Balaban J connectivity index is 1.49. The van der Waals surface area contributed by atoms with E-state index in [2.05, 4.69) is 18.3 Å². The SMILES string of the molecule is CC1CCC(CNCc2cccc3c2OCO3)CC1. The van der Waals surface area contributed by atoms with Crippen LogP contribution in [0.3, 0.4) is 0 Å². The molecule has 1 aromatic carbocycles. The zero-order chi connectivity index (χ0) is 13.1. The minimum atomic E-state index is 0.354. The van der Waals surface area contributed by atoms with Gasteiger partial charge in [-0.1, -0.05) is 31.9 Å². The van der Waals surface area contributed by atoms with Crippen molar-refractivity contribution in [1.29, 1.82) is 0 Å². The maximum Gasteiger partial charge on any atom is 0.231 e. The van der Waals surface area contributed by atoms with Gasteiger partial charge in [-0.3, -0.25) is 0 Å². The van der Waals surface area contributed by atoms with E-state index in [4.69, 9.17) is 9.47 Å². The van der Waals surface area contributed by atoms with Crippen LogP contribution in [0.1, 0.15) is 38.2 Å². The quantitative estimate of drug-likeness (QED) is 0.901. The third-order valence-corrected chi connectivity index (χ3v) is 4.36. The molecule has 1 fully saturated rings. The van der Waals surface area contributed by atoms with Crippen LogP contribution in [0.5, 0.6) is 11.5 Å². The first-order chi connectivity index (χ1) is 9.33. The average molecular weight is 261 g/mol. The molecule has 0 saturated heterocycles. The fraction of sp³-hybridized carbons (Fsp3) is 0.625. The molecule has 3 heteroatoms. The number of hydrogen-bond donors (Lipinski definition) is 1. The monoisotopic (exact) mass is 261 g/mol. The van der Waals surface area contributed by atoms with Gasteiger partial charge in [0.15, 0.2) is 11.5 Å². The molecule has 3 nitrogen and oxygen atoms in total. The van der Waals surface area contributed by atoms with E-state index in [0.29, 0.717) is 6.79 Å². The average Bonchev–Trinajstić information content (AvgIpc) is 2.90. The highest BCUT2D eigenvalue weighted by Crippen LogP contribution is 2.35. The Morgan fingerprint density at radius 2 is 2.00 bits per heavy atom. The fourth-order valence-corrected chi connectivity index (χ4v) is 3.07. The molecule has 1 aliphatic heterocycles. The van der Waals surface area contributed by atoms with Crippen LogP contribution in [0, 0.1) is 11.8 Å². The lowest BCUT2D eigenvalue weighted by atomic mass is 9.83. The summed E-state index contributed by atoms with van der Waals surface area (Å²) >= 11 is 0. The number of fused-ring (bicyclic) bond motifs is 1. The smallest absolute Gasteiger partial charge is 0.231 e. The van der Waals surface area contributed by atoms with Crippen molar-refractivity contribution in [3.05, 3.63) is 23.8 Å². The zero-order valence-corrected chi connectivity index (χ0v) is 11.7. The van der Waals surface area contributed by atoms with Crippen molar-refractivity contribution in [2.45, 2.75) is 39.2 Å². The van der Waals surface area contributed by atoms with Crippen LogP contribution >= 0.6 is 0 Å². The number of nitrogens with one attached hydrogen (secondary N) is 1. The van der Waals surface area contributed by atoms with Gasteiger partial charge in [-0.05, 0) is 37.3 Å². The normalized spacial score (nSPS) is 25.5. The van der Waals surface area contributed by atoms with Crippen molar-refractivity contribution in [3.63, 3.8) is 0 Å². The van der Waals surface area contributed by atoms with Gasteiger partial charge >= 0.3 is 0 Å². The topological polar surface area (TPSA) is 30.5 Å². The molecule has 104 valence electrons. The maximum atomic E-state index is 5.52. The summed E-state index contributed by atoms with van der Waals surface area (Å²) in [7, 11) is 0. The summed E-state index contributed by atoms with van der Waals surface area (Å²) in [4.78, 5) is 0. The molecule has 1 aromatic rings. The largest absolute Gasteiger partial charge is 0.454 e. The Labute approximate surface area is 115 Å². The summed E-state index contributed by atoms with van der Waals surface area (Å²) in [5.74, 6) is 3.59. The maximum absolute atomic E-state index is 5.52. The number of ether oxygens (including phenoxy) is 2. The lowest BCUT2D eigenvalue weighted by Gasteiger charge is -2.26. The van der Waals surface area contributed by atoms with Gasteiger partial charge in [-0.25, -0.2) is 0 Å². The molecule has 0 aromatic heterocycles. The Kier molecular flexibility index (Phi) is 3.92. The summed E-state index contributed by atoms with van der Waals surface area (Å²) in [6.45, 7) is 4.72. The highest BCUT2D eigenvalue weighted by Gasteiger charge is 2.19. The third kappa shape index (κ3) is 3.03. The van der Waals surface area contributed by atoms with Crippen LogP contribution < -0.4 is 14.8 Å². The van der Waals surface area contributed by atoms with Crippen LogP contribution in [0.25, 0.3) is 0 Å². The molecule has 1 heterocycles. The number of rotatable bonds is 4. The van der Waals surface area contributed by atoms with Gasteiger partial charge in [0, 0.05) is 12.1 Å². The molecular weight excluding hydrogens is 238 g/mol. The van der Waals surface area contributed by atoms with Gasteiger partial charge in [0.05, 0.1) is 0 Å². The van der Waals surface area contributed by atoms with Crippen molar-refractivity contribution in [2.24, 2.45) is 11.8 Å². The standard InChI is InChI=1S/C16H23NO2/c1-12-5-7-13(8-6-12)9-17-10-14-3-2-4-15-16(14)19-11-18-15/h2-4,12-13,17H,5-11H2,1H3. The van der Waals surface area contributed by atoms with Crippen LogP contribution in [-0.4, -0.2) is 13.3 Å². The lowest BCUT2D eigenvalue weighted by molar-refractivity contribution is 0.173. The highest BCUT2D eigenvalue weighted by molar-refractivity contribution is 5.48. The summed E-state index contributed by atoms with van der Waals surface area (Å²) in [6, 6.07) is 6.12. The van der Waals surface area contributed by atoms with Gasteiger partial charge < -0.3 is 14.8 Å². The van der Waals surface area contributed by atoms with E-state index in [-0.39, 0.29) is 0 Å². The molecule has 1 aliphatic carbocycles. The molecule has 0 unspecified atom stereocenters. The molecule has 0 atom stereocenters. The van der Waals surface area contributed by atoms with Gasteiger partial charge in [-0.2, -0.15) is 0 Å². The second kappa shape index (κ2) is 5.83. The molecule has 3 rings (SSSR count). The first-order valence-corrected chi connectivity index (χ1v) is 7.41. The Bertz CT molecular complexity index is 425. The Hall–Kier alpha value is -1.22. The number of para-hydroxylation sites is 1. The molecule has 2 aliphatic rings. The van der Waals surface area contributed by atoms with Crippen LogP contribution in [0.15, 0.2) is 18.2 Å². The van der Waals surface area contributed by atoms with Crippen LogP contribution in [0.2, 0.25) is 0 Å². The molecule has 0 spiro atoms. The summed E-state index contributed by atoms with van der Waals surface area (Å²) in [6.07, 6.45) is 5.54. The predicted octanol–water partition coefficient (Wildman–Crippen LogP) is 3.33. The first kappa shape index (κ1) is 12.8. The van der Waals surface area contributed by atoms with Crippen molar-refractivity contribution in [1.82, 2.24) is 5.32 Å². The third-order valence-electron chi connectivity index (χ3n) is 4.36. The van der Waals surface area contributed by atoms with Gasteiger partial charge in [0.1, 0.15) is 0 Å². The first-order valence-electron chi connectivity index (χ1n) is 7.41. The molecule has 0 radical (unpaired) electrons. The fourth-order valence-electron chi connectivity index (χ4n) is 3.07. The molecule has 1 N–H and O–H groups in total. The summed E-state index contributed by atoms with van der Waals surface area (Å²) in [5, 5.41) is 3.58. The molecule has 0 amide bonds. The van der Waals surface area contributed by atoms with Crippen molar-refractivity contribution >= 4 is 0 Å². The lowest BCUT2D eigenvalue weighted by Crippen LogP contribution is -2.25. The molecule has 1 saturated carbocycles. The van der Waals surface area contributed by atoms with Crippen LogP contribution in [0.4, 0.5) is 0 Å². The molecular formula is C16H23NO2. The number of benzene rings is 1. The van der Waals surface area contributed by atoms with E-state index in [0.717, 1.165) is 36.4 Å². The van der Waals surface area contributed by atoms with Crippen molar-refractivity contribution < 1.29 is 9.47 Å². The molecule has 0 bridgehead atoms. The van der Waals surface area contributed by atoms with Crippen LogP contribution in [-0.2, 0) is 6.54 Å². The van der Waals surface area contributed by atoms with Gasteiger partial charge in [-0.15, -0.1) is 0 Å². The minimum absolute atomic E-state index is 0.354.